The fourth-order valence-electron chi connectivity index (χ4n) is 6.36. The van der Waals surface area contributed by atoms with Crippen molar-refractivity contribution in [2.45, 2.75) is 43.9 Å². The monoisotopic (exact) mass is 593 g/mol. The molecule has 43 heavy (non-hydrogen) atoms. The number of para-hydroxylation sites is 1. The van der Waals surface area contributed by atoms with Crippen LogP contribution >= 0.6 is 0 Å². The summed E-state index contributed by atoms with van der Waals surface area (Å²) in [5, 5.41) is 11.9. The molecule has 0 saturated carbocycles. The van der Waals surface area contributed by atoms with E-state index in [1.807, 2.05) is 61.5 Å². The summed E-state index contributed by atoms with van der Waals surface area (Å²) in [4.78, 5) is 30.9. The van der Waals surface area contributed by atoms with Crippen molar-refractivity contribution in [3.63, 3.8) is 0 Å². The lowest BCUT2D eigenvalue weighted by molar-refractivity contribution is -0.172. The minimum atomic E-state index is -0.672. The van der Waals surface area contributed by atoms with Gasteiger partial charge in [-0.05, 0) is 50.0 Å². The molecule has 3 unspecified atom stereocenters. The number of carbonyl (C=O) groups excluding carboxylic acids is 2. The highest BCUT2D eigenvalue weighted by Gasteiger charge is 2.51. The lowest BCUT2D eigenvalue weighted by Crippen LogP contribution is -2.57. The van der Waals surface area contributed by atoms with Gasteiger partial charge in [0.15, 0.2) is 5.76 Å². The zero-order valence-corrected chi connectivity index (χ0v) is 24.9. The number of aliphatic hydroxyl groups is 1. The van der Waals surface area contributed by atoms with Crippen LogP contribution in [-0.4, -0.2) is 93.0 Å². The van der Waals surface area contributed by atoms with Gasteiger partial charge in [-0.15, -0.1) is 0 Å². The summed E-state index contributed by atoms with van der Waals surface area (Å²) in [5.41, 5.74) is 1.40. The molecule has 10 heteroatoms. The third-order valence-electron chi connectivity index (χ3n) is 8.60. The van der Waals surface area contributed by atoms with E-state index in [-0.39, 0.29) is 36.0 Å². The molecular formula is C33H43N3O7. The Kier molecular flexibility index (Phi) is 10.7. The van der Waals surface area contributed by atoms with Crippen molar-refractivity contribution < 1.29 is 33.6 Å². The predicted octanol–water partition coefficient (Wildman–Crippen LogP) is 3.03. The van der Waals surface area contributed by atoms with Crippen LogP contribution in [0.1, 0.15) is 37.7 Å². The Morgan fingerprint density at radius 1 is 1.00 bits per heavy atom. The van der Waals surface area contributed by atoms with Gasteiger partial charge < -0.3 is 39.2 Å². The number of anilines is 1. The Bertz CT molecular complexity index is 1220. The minimum absolute atomic E-state index is 0.0125. The molecule has 0 aliphatic carbocycles. The molecule has 10 nitrogen and oxygen atoms in total. The largest absolute Gasteiger partial charge is 0.459 e. The molecule has 2 fully saturated rings. The Balaban J connectivity index is 1.30. The molecular weight excluding hydrogens is 550 g/mol. The summed E-state index contributed by atoms with van der Waals surface area (Å²) in [5.74, 6) is -0.0508. The van der Waals surface area contributed by atoms with Crippen molar-refractivity contribution in [2.24, 2.45) is 5.92 Å². The van der Waals surface area contributed by atoms with Crippen LogP contribution < -0.4 is 10.2 Å². The van der Waals surface area contributed by atoms with Gasteiger partial charge in [-0.1, -0.05) is 48.5 Å². The second-order valence-electron chi connectivity index (χ2n) is 11.1. The van der Waals surface area contributed by atoms with E-state index in [4.69, 9.17) is 24.1 Å². The summed E-state index contributed by atoms with van der Waals surface area (Å²) < 4.78 is 23.5. The number of ether oxygens (including phenoxy) is 4. The number of aliphatic hydroxyl groups excluding tert-OH is 1. The van der Waals surface area contributed by atoms with Crippen LogP contribution in [-0.2, 0) is 28.5 Å². The van der Waals surface area contributed by atoms with Gasteiger partial charge >= 0.3 is 0 Å². The maximum Gasteiger partial charge on any atom is 0.288 e. The Labute approximate surface area is 253 Å². The van der Waals surface area contributed by atoms with Gasteiger partial charge in [0.25, 0.3) is 5.91 Å². The molecule has 3 atom stereocenters. The molecule has 2 aromatic rings. The van der Waals surface area contributed by atoms with Crippen LogP contribution in [0, 0.1) is 5.92 Å². The van der Waals surface area contributed by atoms with Gasteiger partial charge in [-0.25, -0.2) is 0 Å². The van der Waals surface area contributed by atoms with Crippen molar-refractivity contribution in [2.75, 3.05) is 64.3 Å². The Hall–Kier alpha value is -3.44. The third kappa shape index (κ3) is 7.04. The number of nitrogens with one attached hydrogen (secondary N) is 1. The van der Waals surface area contributed by atoms with Gasteiger partial charge in [-0.3, -0.25) is 9.59 Å². The number of likely N-dealkylation sites (tertiary alicyclic amines) is 1. The number of rotatable bonds is 13. The molecule has 2 amide bonds. The number of allylic oxidation sites excluding steroid dienone is 1. The third-order valence-corrected chi connectivity index (χ3v) is 8.60. The molecule has 0 radical (unpaired) electrons. The number of hydrogen-bond acceptors (Lipinski definition) is 8. The first kappa shape index (κ1) is 31.0. The van der Waals surface area contributed by atoms with Crippen LogP contribution in [0.25, 0.3) is 0 Å². The van der Waals surface area contributed by atoms with Crippen molar-refractivity contribution in [1.29, 1.82) is 0 Å². The number of benzene rings is 2. The maximum absolute atomic E-state index is 13.9. The average molecular weight is 594 g/mol. The lowest BCUT2D eigenvalue weighted by atomic mass is 9.81. The van der Waals surface area contributed by atoms with Crippen molar-refractivity contribution in [3.8, 4) is 0 Å². The van der Waals surface area contributed by atoms with Gasteiger partial charge in [0.05, 0.1) is 33.1 Å². The number of piperidine rings is 1. The predicted molar refractivity (Wildman–Crippen MR) is 161 cm³/mol. The molecule has 2 saturated heterocycles. The molecule has 3 aliphatic heterocycles. The first-order chi connectivity index (χ1) is 21.1. The summed E-state index contributed by atoms with van der Waals surface area (Å²) in [7, 11) is 0. The lowest BCUT2D eigenvalue weighted by Gasteiger charge is -2.44. The van der Waals surface area contributed by atoms with Crippen molar-refractivity contribution >= 4 is 17.5 Å². The number of nitrogens with zero attached hydrogens (tertiary/aromatic N) is 2. The first-order valence-electron chi connectivity index (χ1n) is 15.3. The standard InChI is InChI=1S/C33H43N3O7/c1-2-42-31-27(13-19-40-21-22-41-20-18-37)28(25-9-5-3-6-10-25)23-29(43-31)30(38)35-16-14-33(15-17-35)32(39)34-24-36(33)26-11-7-4-8-12-26/h3-12,23,27-28,31,37H,2,13-22,24H2,1H3,(H,34,39). The maximum atomic E-state index is 13.9. The SMILES string of the molecule is CCOC1OC(C(=O)N2CCC3(CC2)C(=O)NCN3c2ccccc2)=CC(c2ccccc2)C1CCOCCOCCO. The van der Waals surface area contributed by atoms with E-state index >= 15 is 0 Å². The fraction of sp³-hybridized carbons (Fsp3) is 0.515. The van der Waals surface area contributed by atoms with Gasteiger partial charge in [0, 0.05) is 43.8 Å². The second-order valence-corrected chi connectivity index (χ2v) is 11.1. The smallest absolute Gasteiger partial charge is 0.288 e. The Morgan fingerprint density at radius 3 is 2.35 bits per heavy atom. The molecule has 232 valence electrons. The summed E-state index contributed by atoms with van der Waals surface area (Å²) >= 11 is 0. The highest BCUT2D eigenvalue weighted by Crippen LogP contribution is 2.40. The molecule has 3 heterocycles. The van der Waals surface area contributed by atoms with Crippen LogP contribution in [0.3, 0.4) is 0 Å². The van der Waals surface area contributed by atoms with Crippen molar-refractivity contribution in [1.82, 2.24) is 10.2 Å². The summed E-state index contributed by atoms with van der Waals surface area (Å²) in [6.07, 6.45) is 3.06. The van der Waals surface area contributed by atoms with Gasteiger partial charge in [-0.2, -0.15) is 0 Å². The van der Waals surface area contributed by atoms with Crippen LogP contribution in [0.2, 0.25) is 0 Å². The minimum Gasteiger partial charge on any atom is -0.459 e. The summed E-state index contributed by atoms with van der Waals surface area (Å²) in [6, 6.07) is 20.1. The van der Waals surface area contributed by atoms with E-state index in [1.165, 1.54) is 0 Å². The first-order valence-corrected chi connectivity index (χ1v) is 15.3. The fourth-order valence-corrected chi connectivity index (χ4v) is 6.36. The van der Waals surface area contributed by atoms with Crippen LogP contribution in [0.5, 0.6) is 0 Å². The van der Waals surface area contributed by atoms with E-state index in [9.17, 15) is 9.59 Å². The Morgan fingerprint density at radius 2 is 1.67 bits per heavy atom. The van der Waals surface area contributed by atoms with Crippen LogP contribution in [0.4, 0.5) is 5.69 Å². The number of hydrogen-bond donors (Lipinski definition) is 2. The second kappa shape index (κ2) is 14.8. The van der Waals surface area contributed by atoms with E-state index in [2.05, 4.69) is 22.3 Å². The highest BCUT2D eigenvalue weighted by atomic mass is 16.7. The topological polar surface area (TPSA) is 110 Å². The quantitative estimate of drug-likeness (QED) is 0.341. The van der Waals surface area contributed by atoms with Crippen molar-refractivity contribution in [3.05, 3.63) is 78.1 Å². The highest BCUT2D eigenvalue weighted by molar-refractivity contribution is 5.95. The van der Waals surface area contributed by atoms with E-state index in [0.29, 0.717) is 72.1 Å². The average Bonchev–Trinajstić information content (AvgIpc) is 3.36. The zero-order valence-electron chi connectivity index (χ0n) is 24.9. The summed E-state index contributed by atoms with van der Waals surface area (Å²) in [6.45, 7) is 5.32. The van der Waals surface area contributed by atoms with E-state index in [0.717, 1.165) is 11.3 Å². The molecule has 3 aliphatic rings. The normalized spacial score (nSPS) is 23.2. The number of carbonyl (C=O) groups is 2. The molecule has 0 bridgehead atoms. The number of amides is 2. The molecule has 2 N–H and O–H groups in total. The molecule has 5 rings (SSSR count). The molecule has 2 aromatic carbocycles. The van der Waals surface area contributed by atoms with Crippen LogP contribution in [0.15, 0.2) is 72.5 Å². The molecule has 0 aromatic heterocycles. The van der Waals surface area contributed by atoms with E-state index in [1.54, 1.807) is 4.90 Å². The van der Waals surface area contributed by atoms with E-state index < -0.39 is 11.8 Å². The van der Waals surface area contributed by atoms with Gasteiger partial charge in [0.1, 0.15) is 5.54 Å². The zero-order chi connectivity index (χ0) is 30.1. The van der Waals surface area contributed by atoms with Gasteiger partial charge in [0.2, 0.25) is 12.2 Å². The molecule has 1 spiro atoms.